The number of fused-ring (bicyclic) bond motifs is 1. The van der Waals surface area contributed by atoms with Crippen LogP contribution in [0.25, 0.3) is 11.2 Å². The molecule has 2 aliphatic carbocycles. The summed E-state index contributed by atoms with van der Waals surface area (Å²) in [4.78, 5) is 9.04. The predicted molar refractivity (Wildman–Crippen MR) is 133 cm³/mol. The van der Waals surface area contributed by atoms with Gasteiger partial charge >= 0.3 is 0 Å². The van der Waals surface area contributed by atoms with Gasteiger partial charge in [0.15, 0.2) is 22.1 Å². The third kappa shape index (κ3) is 4.92. The topological polar surface area (TPSA) is 138 Å². The summed E-state index contributed by atoms with van der Waals surface area (Å²) in [6, 6.07) is -3.18. The minimum atomic E-state index is -3.39. The lowest BCUT2D eigenvalue weighted by molar-refractivity contribution is -0.0629. The van der Waals surface area contributed by atoms with Crippen LogP contribution >= 0.6 is 11.8 Å². The zero-order valence-corrected chi connectivity index (χ0v) is 20.3. The second kappa shape index (κ2) is 10.5. The molecular weight excluding hydrogens is 487 g/mol. The number of nitrogens with zero attached hydrogens (tertiary/aromatic N) is 5. The summed E-state index contributed by atoms with van der Waals surface area (Å²) in [5, 5.41) is 42.5. The molecule has 36 heavy (non-hydrogen) atoms. The number of aromatic nitrogens is 5. The smallest absolute Gasteiger partial charge is 0.191 e. The molecular formula is C24H31FN6O4S. The van der Waals surface area contributed by atoms with Crippen LogP contribution in [0.4, 0.5) is 10.2 Å². The van der Waals surface area contributed by atoms with Gasteiger partial charge < -0.3 is 25.4 Å². The van der Waals surface area contributed by atoms with Crippen LogP contribution in [0.1, 0.15) is 60.2 Å². The number of hydrogen-bond donors (Lipinski definition) is 4. The monoisotopic (exact) mass is 526 g/mol. The van der Waals surface area contributed by atoms with Crippen molar-refractivity contribution in [1.82, 2.24) is 25.0 Å². The minimum absolute atomic E-state index is 0.0800. The first-order valence-electron chi connectivity index (χ1n) is 15.5. The highest BCUT2D eigenvalue weighted by Gasteiger charge is 2.45. The second-order valence-electron chi connectivity index (χ2n) is 8.68. The van der Waals surface area contributed by atoms with E-state index in [0.29, 0.717) is 5.75 Å². The maximum atomic E-state index is 14.7. The number of nitrogens with one attached hydrogen (secondary N) is 1. The lowest BCUT2D eigenvalue weighted by atomic mass is 10.1. The molecule has 0 amide bonds. The van der Waals surface area contributed by atoms with Gasteiger partial charge in [-0.25, -0.2) is 19.0 Å². The molecule has 0 unspecified atom stereocenters. The van der Waals surface area contributed by atoms with Crippen molar-refractivity contribution in [2.24, 2.45) is 0 Å². The van der Waals surface area contributed by atoms with Crippen molar-refractivity contribution in [3.8, 4) is 0 Å². The molecule has 194 valence electrons. The van der Waals surface area contributed by atoms with Crippen molar-refractivity contribution in [2.75, 3.05) is 24.2 Å². The second-order valence-corrected chi connectivity index (χ2v) is 9.74. The molecule has 0 aliphatic heterocycles. The Morgan fingerprint density at radius 1 is 1.33 bits per heavy atom. The van der Waals surface area contributed by atoms with E-state index in [4.69, 9.17) is 15.7 Å². The Hall–Kier alpha value is -2.38. The number of rotatable bonds is 10. The van der Waals surface area contributed by atoms with Crippen molar-refractivity contribution in [3.05, 3.63) is 35.1 Å². The van der Waals surface area contributed by atoms with Gasteiger partial charge in [-0.15, -0.1) is 5.10 Å². The van der Waals surface area contributed by atoms with Crippen molar-refractivity contribution >= 4 is 28.7 Å². The zero-order chi connectivity index (χ0) is 32.5. The Morgan fingerprint density at radius 2 is 2.17 bits per heavy atom. The van der Waals surface area contributed by atoms with Gasteiger partial charge in [-0.1, -0.05) is 36.0 Å². The van der Waals surface area contributed by atoms with Crippen molar-refractivity contribution in [3.63, 3.8) is 0 Å². The maximum Gasteiger partial charge on any atom is 0.191 e. The van der Waals surface area contributed by atoms with Gasteiger partial charge in [0.05, 0.1) is 34.9 Å². The van der Waals surface area contributed by atoms with E-state index in [2.05, 4.69) is 25.6 Å². The Bertz CT molecular complexity index is 1570. The fourth-order valence-electron chi connectivity index (χ4n) is 4.17. The summed E-state index contributed by atoms with van der Waals surface area (Å²) < 4.78 is 84.5. The summed E-state index contributed by atoms with van der Waals surface area (Å²) in [6.45, 7) is -3.33. The highest BCUT2D eigenvalue weighted by molar-refractivity contribution is 7.99. The number of halogens is 1. The Labute approximate surface area is 223 Å². The van der Waals surface area contributed by atoms with Gasteiger partial charge in [-0.05, 0) is 36.9 Å². The first-order valence-corrected chi connectivity index (χ1v) is 12.5. The van der Waals surface area contributed by atoms with Crippen molar-refractivity contribution < 1.29 is 35.4 Å². The molecule has 0 saturated heterocycles. The van der Waals surface area contributed by atoms with E-state index in [-0.39, 0.29) is 52.1 Å². The van der Waals surface area contributed by atoms with Gasteiger partial charge in [0, 0.05) is 25.5 Å². The summed E-state index contributed by atoms with van der Waals surface area (Å²) in [5.74, 6) is -1.78. The largest absolute Gasteiger partial charge is 0.394 e. The molecule has 0 radical (unpaired) electrons. The average Bonchev–Trinajstić information content (AvgIpc) is 3.26. The van der Waals surface area contributed by atoms with Crippen LogP contribution in [0.3, 0.4) is 0 Å². The van der Waals surface area contributed by atoms with Gasteiger partial charge in [-0.3, -0.25) is 0 Å². The van der Waals surface area contributed by atoms with Crippen LogP contribution in [0.2, 0.25) is 0 Å². The van der Waals surface area contributed by atoms with Crippen molar-refractivity contribution in [1.29, 1.82) is 0 Å². The van der Waals surface area contributed by atoms with E-state index in [1.807, 2.05) is 6.92 Å². The zero-order valence-electron chi connectivity index (χ0n) is 27.5. The van der Waals surface area contributed by atoms with Crippen LogP contribution in [0, 0.1) is 12.7 Å². The summed E-state index contributed by atoms with van der Waals surface area (Å²) in [7, 11) is 0. The van der Waals surface area contributed by atoms with E-state index < -0.39 is 67.3 Å². The number of hydrogen-bond acceptors (Lipinski definition) is 10. The molecule has 2 aliphatic rings. The Balaban J connectivity index is 1.48. The number of aliphatic hydroxyl groups excluding tert-OH is 2. The van der Waals surface area contributed by atoms with E-state index in [1.54, 1.807) is 0 Å². The number of aliphatic hydroxyl groups is 3. The van der Waals surface area contributed by atoms with Crippen LogP contribution in [0.15, 0.2) is 23.3 Å². The predicted octanol–water partition coefficient (Wildman–Crippen LogP) is 2.18. The van der Waals surface area contributed by atoms with Crippen LogP contribution in [-0.2, 0) is 4.74 Å². The third-order valence-corrected chi connectivity index (χ3v) is 7.22. The van der Waals surface area contributed by atoms with E-state index in [0.717, 1.165) is 6.42 Å². The van der Waals surface area contributed by atoms with Crippen LogP contribution < -0.4 is 5.32 Å². The quantitative estimate of drug-likeness (QED) is 0.230. The molecule has 0 bridgehead atoms. The summed E-state index contributed by atoms with van der Waals surface area (Å²) in [5.41, 5.74) is -0.116. The molecule has 2 saturated carbocycles. The molecule has 1 aromatic carbocycles. The molecule has 5 rings (SSSR count). The fraction of sp³-hybridized carbons (Fsp3) is 0.583. The van der Waals surface area contributed by atoms with Gasteiger partial charge in [0.2, 0.25) is 0 Å². The highest BCUT2D eigenvalue weighted by atomic mass is 32.2. The Kier molecular flexibility index (Phi) is 5.03. The minimum Gasteiger partial charge on any atom is -0.394 e. The normalized spacial score (nSPS) is 33.7. The van der Waals surface area contributed by atoms with Crippen LogP contribution in [0.5, 0.6) is 0 Å². The van der Waals surface area contributed by atoms with E-state index >= 15 is 0 Å². The lowest BCUT2D eigenvalue weighted by Crippen LogP contribution is -2.33. The molecule has 10 nitrogen and oxygen atoms in total. The number of benzene rings is 1. The average molecular weight is 527 g/mol. The lowest BCUT2D eigenvalue weighted by Gasteiger charge is -2.17. The maximum absolute atomic E-state index is 14.7. The first-order chi connectivity index (χ1) is 20.4. The first kappa shape index (κ1) is 17.2. The molecule has 3 aromatic rings. The Morgan fingerprint density at radius 3 is 2.94 bits per heavy atom. The van der Waals surface area contributed by atoms with Crippen molar-refractivity contribution in [2.45, 2.75) is 74.6 Å². The standard InChI is InChI=1S/C24H31FN6O4S/c1-3-8-36-24-27-22(26-16-10-14(16)13-5-4-12(2)15(25)9-13)19-23(28-24)31(30-29-19)17-11-18(35-7-6-32)21(34)20(17)33/h4-5,9,14,16-18,20-21,32-34H,3,6-8,10-11H2,1-2H3,(H,26,27,28)/t14-,16+,17+,18-,20-,21+/m0/s1/i4D,5D,6D2,7D2,9D,14D. The van der Waals surface area contributed by atoms with E-state index in [1.165, 1.54) is 23.4 Å². The number of thioether (sulfide) groups is 1. The molecule has 4 N–H and O–H groups in total. The summed E-state index contributed by atoms with van der Waals surface area (Å²) >= 11 is 1.30. The van der Waals surface area contributed by atoms with Gasteiger partial charge in [0.1, 0.15) is 18.0 Å². The van der Waals surface area contributed by atoms with Crippen LogP contribution in [-0.4, -0.2) is 83.5 Å². The number of anilines is 1. The number of ether oxygens (including phenoxy) is 1. The van der Waals surface area contributed by atoms with E-state index in [9.17, 15) is 19.7 Å². The molecule has 2 aromatic heterocycles. The fourth-order valence-corrected chi connectivity index (χ4v) is 4.86. The third-order valence-electron chi connectivity index (χ3n) is 6.16. The summed E-state index contributed by atoms with van der Waals surface area (Å²) in [6.07, 6.45) is -4.04. The molecule has 2 fully saturated rings. The molecule has 6 atom stereocenters. The van der Waals surface area contributed by atoms with Gasteiger partial charge in [0.25, 0.3) is 0 Å². The van der Waals surface area contributed by atoms with Gasteiger partial charge in [-0.2, -0.15) is 0 Å². The molecule has 12 heteroatoms. The molecule has 0 spiro atoms. The molecule has 2 heterocycles. The SMILES string of the molecule is [2H]c1c([2H])c([C@]2([2H])C[C@H]2Nc2nc(SCCC)nc3c2nnn3[C@@H]2C[C@H](OC([2H])([2H])C([2H])([2H])O)[C@@H](O)[C@H]2O)c([2H])c(F)c1C. The highest BCUT2D eigenvalue weighted by Crippen LogP contribution is 2.44.